The first-order valence-electron chi connectivity index (χ1n) is 7.61. The van der Waals surface area contributed by atoms with Gasteiger partial charge in [0.2, 0.25) is 0 Å². The Morgan fingerprint density at radius 1 is 1.26 bits per heavy atom. The maximum absolute atomic E-state index is 10.9. The third kappa shape index (κ3) is 3.69. The van der Waals surface area contributed by atoms with Crippen molar-refractivity contribution in [2.24, 2.45) is 17.8 Å². The van der Waals surface area contributed by atoms with Crippen molar-refractivity contribution in [3.8, 4) is 0 Å². The molecule has 1 aliphatic carbocycles. The largest absolute Gasteiger partial charge is 0.481 e. The summed E-state index contributed by atoms with van der Waals surface area (Å²) < 4.78 is 11.9. The first kappa shape index (κ1) is 14.8. The zero-order valence-corrected chi connectivity index (χ0v) is 12.0. The number of ether oxygens (including phenoxy) is 2. The summed E-state index contributed by atoms with van der Waals surface area (Å²) in [6.07, 6.45) is 5.80. The third-order valence-electron chi connectivity index (χ3n) is 4.65. The summed E-state index contributed by atoms with van der Waals surface area (Å²) in [6, 6.07) is 0. The molecule has 3 atom stereocenters. The molecule has 0 aromatic heterocycles. The van der Waals surface area contributed by atoms with Crippen LogP contribution in [0.4, 0.5) is 0 Å². The topological polar surface area (TPSA) is 55.8 Å². The summed E-state index contributed by atoms with van der Waals surface area (Å²) in [5.74, 6) is 0.0719. The van der Waals surface area contributed by atoms with Gasteiger partial charge in [-0.3, -0.25) is 4.79 Å². The van der Waals surface area contributed by atoms with Crippen molar-refractivity contribution in [3.05, 3.63) is 0 Å². The minimum Gasteiger partial charge on any atom is -0.481 e. The minimum atomic E-state index is -0.652. The highest BCUT2D eigenvalue weighted by Gasteiger charge is 2.36. The molecule has 1 aliphatic heterocycles. The average Bonchev–Trinajstić information content (AvgIpc) is 2.41. The Balaban J connectivity index is 1.80. The van der Waals surface area contributed by atoms with Crippen molar-refractivity contribution in [1.82, 2.24) is 0 Å². The van der Waals surface area contributed by atoms with E-state index in [1.807, 2.05) is 0 Å². The van der Waals surface area contributed by atoms with Crippen LogP contribution in [0.25, 0.3) is 0 Å². The molecule has 1 heterocycles. The fourth-order valence-corrected chi connectivity index (χ4v) is 3.29. The molecule has 2 rings (SSSR count). The summed E-state index contributed by atoms with van der Waals surface area (Å²) in [7, 11) is 0. The van der Waals surface area contributed by atoms with Gasteiger partial charge in [0.1, 0.15) is 0 Å². The van der Waals surface area contributed by atoms with Gasteiger partial charge in [0.15, 0.2) is 6.29 Å². The van der Waals surface area contributed by atoms with Crippen molar-refractivity contribution in [1.29, 1.82) is 0 Å². The van der Waals surface area contributed by atoms with Crippen LogP contribution in [0, 0.1) is 17.8 Å². The molecule has 4 heteroatoms. The Hall–Kier alpha value is -0.610. The second-order valence-electron chi connectivity index (χ2n) is 6.04. The first-order valence-corrected chi connectivity index (χ1v) is 7.61. The lowest BCUT2D eigenvalue weighted by molar-refractivity contribution is -0.257. The quantitative estimate of drug-likeness (QED) is 0.853. The van der Waals surface area contributed by atoms with E-state index in [1.54, 1.807) is 0 Å². The second kappa shape index (κ2) is 6.71. The van der Waals surface area contributed by atoms with E-state index in [0.29, 0.717) is 11.8 Å². The fraction of sp³-hybridized carbons (Fsp3) is 0.933. The smallest absolute Gasteiger partial charge is 0.306 e. The van der Waals surface area contributed by atoms with Gasteiger partial charge in [-0.2, -0.15) is 0 Å². The number of carboxylic acids is 1. The summed E-state index contributed by atoms with van der Waals surface area (Å²) in [4.78, 5) is 10.9. The molecular formula is C15H26O4. The highest BCUT2D eigenvalue weighted by Crippen LogP contribution is 2.35. The van der Waals surface area contributed by atoms with Crippen LogP contribution >= 0.6 is 0 Å². The Bertz CT molecular complexity index is 297. The molecule has 1 saturated carbocycles. The van der Waals surface area contributed by atoms with Crippen LogP contribution in [-0.2, 0) is 14.3 Å². The van der Waals surface area contributed by atoms with Crippen LogP contribution in [0.3, 0.4) is 0 Å². The molecule has 1 saturated heterocycles. The molecular weight excluding hydrogens is 244 g/mol. The van der Waals surface area contributed by atoms with Crippen LogP contribution in [0.15, 0.2) is 0 Å². The first-order chi connectivity index (χ1) is 9.11. The molecule has 0 amide bonds. The number of hydrogen-bond acceptors (Lipinski definition) is 3. The maximum atomic E-state index is 10.9. The number of hydrogen-bond donors (Lipinski definition) is 1. The molecule has 0 spiro atoms. The van der Waals surface area contributed by atoms with Gasteiger partial charge in [-0.15, -0.1) is 0 Å². The molecule has 19 heavy (non-hydrogen) atoms. The second-order valence-corrected chi connectivity index (χ2v) is 6.04. The normalized spacial score (nSPS) is 40.0. The van der Waals surface area contributed by atoms with Crippen molar-refractivity contribution < 1.29 is 19.4 Å². The SMILES string of the molecule is CCCC1COC(C2CCC(C(=O)O)CC2)OC1C. The predicted octanol–water partition coefficient (Wildman–Crippen LogP) is 3.06. The van der Waals surface area contributed by atoms with Crippen LogP contribution < -0.4 is 0 Å². The lowest BCUT2D eigenvalue weighted by Gasteiger charge is -2.40. The standard InChI is InChI=1S/C15H26O4/c1-3-4-13-9-18-15(19-10(13)2)12-7-5-11(6-8-12)14(16)17/h10-13,15H,3-9H2,1-2H3,(H,16,17). The minimum absolute atomic E-state index is 0.113. The van der Waals surface area contributed by atoms with Gasteiger partial charge in [0.05, 0.1) is 18.6 Å². The van der Waals surface area contributed by atoms with E-state index >= 15 is 0 Å². The monoisotopic (exact) mass is 270 g/mol. The van der Waals surface area contributed by atoms with Crippen LogP contribution in [0.1, 0.15) is 52.4 Å². The number of carbonyl (C=O) groups is 1. The van der Waals surface area contributed by atoms with E-state index in [0.717, 1.165) is 45.1 Å². The molecule has 110 valence electrons. The van der Waals surface area contributed by atoms with E-state index in [9.17, 15) is 4.79 Å². The van der Waals surface area contributed by atoms with Crippen LogP contribution in [-0.4, -0.2) is 30.1 Å². The van der Waals surface area contributed by atoms with E-state index in [-0.39, 0.29) is 18.3 Å². The molecule has 0 bridgehead atoms. The summed E-state index contributed by atoms with van der Waals surface area (Å²) >= 11 is 0. The number of carboxylic acid groups (broad SMARTS) is 1. The van der Waals surface area contributed by atoms with Gasteiger partial charge >= 0.3 is 5.97 Å². The Morgan fingerprint density at radius 3 is 2.47 bits per heavy atom. The van der Waals surface area contributed by atoms with Gasteiger partial charge in [0.25, 0.3) is 0 Å². The molecule has 1 N–H and O–H groups in total. The molecule has 0 radical (unpaired) electrons. The van der Waals surface area contributed by atoms with Gasteiger partial charge < -0.3 is 14.6 Å². The molecule has 2 aliphatic rings. The van der Waals surface area contributed by atoms with E-state index in [1.165, 1.54) is 0 Å². The van der Waals surface area contributed by atoms with E-state index < -0.39 is 5.97 Å². The average molecular weight is 270 g/mol. The lowest BCUT2D eigenvalue weighted by atomic mass is 9.81. The van der Waals surface area contributed by atoms with Gasteiger partial charge in [0, 0.05) is 11.8 Å². The fourth-order valence-electron chi connectivity index (χ4n) is 3.29. The summed E-state index contributed by atoms with van der Waals surface area (Å²) in [5, 5.41) is 9.01. The van der Waals surface area contributed by atoms with Crippen LogP contribution in [0.2, 0.25) is 0 Å². The highest BCUT2D eigenvalue weighted by molar-refractivity contribution is 5.69. The third-order valence-corrected chi connectivity index (χ3v) is 4.65. The Morgan fingerprint density at radius 2 is 1.95 bits per heavy atom. The van der Waals surface area contributed by atoms with Crippen molar-refractivity contribution in [2.75, 3.05) is 6.61 Å². The van der Waals surface area contributed by atoms with Crippen LogP contribution in [0.5, 0.6) is 0 Å². The molecule has 4 nitrogen and oxygen atoms in total. The highest BCUT2D eigenvalue weighted by atomic mass is 16.7. The number of rotatable bonds is 4. The lowest BCUT2D eigenvalue weighted by Crippen LogP contribution is -2.43. The predicted molar refractivity (Wildman–Crippen MR) is 71.8 cm³/mol. The van der Waals surface area contributed by atoms with Crippen molar-refractivity contribution in [3.63, 3.8) is 0 Å². The Kier molecular flexibility index (Phi) is 5.22. The van der Waals surface area contributed by atoms with Gasteiger partial charge in [-0.05, 0) is 39.0 Å². The molecule has 2 fully saturated rings. The summed E-state index contributed by atoms with van der Waals surface area (Å²) in [6.45, 7) is 5.11. The molecule has 0 aromatic carbocycles. The Labute approximate surface area is 115 Å². The zero-order valence-electron chi connectivity index (χ0n) is 12.0. The van der Waals surface area contributed by atoms with Gasteiger partial charge in [-0.25, -0.2) is 0 Å². The number of aliphatic carboxylic acids is 1. The maximum Gasteiger partial charge on any atom is 0.306 e. The zero-order chi connectivity index (χ0) is 13.8. The molecule has 3 unspecified atom stereocenters. The van der Waals surface area contributed by atoms with Crippen molar-refractivity contribution >= 4 is 5.97 Å². The van der Waals surface area contributed by atoms with Gasteiger partial charge in [-0.1, -0.05) is 13.3 Å². The molecule has 0 aromatic rings. The summed E-state index contributed by atoms with van der Waals surface area (Å²) in [5.41, 5.74) is 0. The van der Waals surface area contributed by atoms with Crippen molar-refractivity contribution in [2.45, 2.75) is 64.8 Å². The van der Waals surface area contributed by atoms with E-state index in [2.05, 4.69) is 13.8 Å². The van der Waals surface area contributed by atoms with E-state index in [4.69, 9.17) is 14.6 Å².